The number of nitro groups is 1. The van der Waals surface area contributed by atoms with Crippen molar-refractivity contribution in [3.8, 4) is 10.6 Å². The Morgan fingerprint density at radius 3 is 2.88 bits per heavy atom. The number of carbonyl (C=O) groups excluding carboxylic acids is 1. The number of thiazole rings is 1. The fraction of sp³-hybridized carbons (Fsp3) is 0.0667. The molecule has 3 aromatic rings. The first-order chi connectivity index (χ1) is 11.5. The van der Waals surface area contributed by atoms with Crippen molar-refractivity contribution in [1.29, 1.82) is 0 Å². The summed E-state index contributed by atoms with van der Waals surface area (Å²) in [4.78, 5) is 26.6. The predicted octanol–water partition coefficient (Wildman–Crippen LogP) is 3.72. The van der Waals surface area contributed by atoms with Crippen LogP contribution in [0.4, 0.5) is 11.4 Å². The molecule has 7 nitrogen and oxygen atoms in total. The molecule has 0 spiro atoms. The second kappa shape index (κ2) is 6.77. The molecule has 2 aromatic heterocycles. The summed E-state index contributed by atoms with van der Waals surface area (Å²) in [6, 6.07) is 5.77. The smallest absolute Gasteiger partial charge is 0.338 e. The van der Waals surface area contributed by atoms with Gasteiger partial charge >= 0.3 is 5.97 Å². The Hall–Kier alpha value is -2.78. The van der Waals surface area contributed by atoms with Gasteiger partial charge in [-0.15, -0.1) is 11.3 Å². The molecule has 3 rings (SSSR count). The van der Waals surface area contributed by atoms with E-state index in [0.29, 0.717) is 5.69 Å². The van der Waals surface area contributed by atoms with Crippen LogP contribution in [0.5, 0.6) is 0 Å². The molecular formula is C15H11N3O4S2. The van der Waals surface area contributed by atoms with Crippen molar-refractivity contribution in [2.24, 2.45) is 0 Å². The first-order valence-corrected chi connectivity index (χ1v) is 8.55. The van der Waals surface area contributed by atoms with E-state index in [0.717, 1.165) is 16.6 Å². The molecular weight excluding hydrogens is 350 g/mol. The topological polar surface area (TPSA) is 108 Å². The average molecular weight is 361 g/mol. The molecule has 0 unspecified atom stereocenters. The number of anilines is 1. The second-order valence-electron chi connectivity index (χ2n) is 4.76. The van der Waals surface area contributed by atoms with Crippen molar-refractivity contribution in [3.05, 3.63) is 61.8 Å². The monoisotopic (exact) mass is 361 g/mol. The SMILES string of the molecule is Nc1ccc(C(=O)OCc2csc(-c3ccsc3)n2)cc1[N+](=O)[O-]. The van der Waals surface area contributed by atoms with Crippen LogP contribution < -0.4 is 5.73 Å². The van der Waals surface area contributed by atoms with Gasteiger partial charge in [0.2, 0.25) is 0 Å². The third kappa shape index (κ3) is 3.42. The summed E-state index contributed by atoms with van der Waals surface area (Å²) in [6.45, 7) is -0.00234. The number of nitrogens with zero attached hydrogens (tertiary/aromatic N) is 2. The zero-order valence-electron chi connectivity index (χ0n) is 12.2. The van der Waals surface area contributed by atoms with Crippen molar-refractivity contribution in [2.75, 3.05) is 5.73 Å². The van der Waals surface area contributed by atoms with E-state index in [1.54, 1.807) is 11.3 Å². The zero-order chi connectivity index (χ0) is 17.1. The summed E-state index contributed by atoms with van der Waals surface area (Å²) in [7, 11) is 0. The highest BCUT2D eigenvalue weighted by molar-refractivity contribution is 7.14. The molecule has 0 aliphatic rings. The fourth-order valence-corrected chi connectivity index (χ4v) is 3.46. The molecule has 0 bridgehead atoms. The van der Waals surface area contributed by atoms with Crippen LogP contribution in [0.2, 0.25) is 0 Å². The molecule has 9 heteroatoms. The Labute approximate surface area is 144 Å². The van der Waals surface area contributed by atoms with E-state index in [1.807, 2.05) is 22.2 Å². The number of nitro benzene ring substituents is 1. The highest BCUT2D eigenvalue weighted by Gasteiger charge is 2.17. The van der Waals surface area contributed by atoms with Crippen LogP contribution >= 0.6 is 22.7 Å². The first kappa shape index (κ1) is 16.1. The van der Waals surface area contributed by atoms with Crippen molar-refractivity contribution >= 4 is 40.0 Å². The third-order valence-corrected chi connectivity index (χ3v) is 4.76. The maximum absolute atomic E-state index is 12.0. The van der Waals surface area contributed by atoms with E-state index in [2.05, 4.69) is 4.98 Å². The molecule has 0 saturated heterocycles. The molecule has 0 atom stereocenters. The summed E-state index contributed by atoms with van der Waals surface area (Å²) < 4.78 is 5.16. The largest absolute Gasteiger partial charge is 0.456 e. The van der Waals surface area contributed by atoms with Gasteiger partial charge in [-0.1, -0.05) is 0 Å². The average Bonchev–Trinajstić information content (AvgIpc) is 3.24. The highest BCUT2D eigenvalue weighted by Crippen LogP contribution is 2.26. The Morgan fingerprint density at radius 1 is 1.33 bits per heavy atom. The number of nitrogens with two attached hydrogens (primary N) is 1. The summed E-state index contributed by atoms with van der Waals surface area (Å²) in [5.74, 6) is -0.664. The molecule has 1 aromatic carbocycles. The standard InChI is InChI=1S/C15H11N3O4S2/c16-12-2-1-9(5-13(12)18(20)21)15(19)22-6-11-8-24-14(17-11)10-3-4-23-7-10/h1-5,7-8H,6,16H2. The number of rotatable bonds is 5. The molecule has 0 amide bonds. The van der Waals surface area contributed by atoms with E-state index in [9.17, 15) is 14.9 Å². The molecule has 0 aliphatic carbocycles. The highest BCUT2D eigenvalue weighted by atomic mass is 32.1. The number of nitrogen functional groups attached to an aromatic ring is 1. The number of benzene rings is 1. The van der Waals surface area contributed by atoms with Gasteiger partial charge in [-0.25, -0.2) is 9.78 Å². The summed E-state index contributed by atoms with van der Waals surface area (Å²) in [5, 5.41) is 17.5. The summed E-state index contributed by atoms with van der Waals surface area (Å²) in [6.07, 6.45) is 0. The molecule has 24 heavy (non-hydrogen) atoms. The van der Waals surface area contributed by atoms with E-state index >= 15 is 0 Å². The van der Waals surface area contributed by atoms with Crippen molar-refractivity contribution in [1.82, 2.24) is 4.98 Å². The molecule has 2 heterocycles. The lowest BCUT2D eigenvalue weighted by Gasteiger charge is -2.04. The Kier molecular flexibility index (Phi) is 4.54. The summed E-state index contributed by atoms with van der Waals surface area (Å²) in [5.41, 5.74) is 6.90. The van der Waals surface area contributed by atoms with Crippen molar-refractivity contribution < 1.29 is 14.5 Å². The maximum Gasteiger partial charge on any atom is 0.338 e. The van der Waals surface area contributed by atoms with Gasteiger partial charge in [0, 0.05) is 22.4 Å². The number of carbonyl (C=O) groups is 1. The van der Waals surface area contributed by atoms with Gasteiger partial charge in [0.05, 0.1) is 16.2 Å². The van der Waals surface area contributed by atoms with Crippen molar-refractivity contribution in [2.45, 2.75) is 6.61 Å². The maximum atomic E-state index is 12.0. The minimum atomic E-state index is -0.664. The van der Waals surface area contributed by atoms with Gasteiger partial charge in [-0.05, 0) is 23.6 Å². The molecule has 122 valence electrons. The quantitative estimate of drug-likeness (QED) is 0.321. The first-order valence-electron chi connectivity index (χ1n) is 6.72. The normalized spacial score (nSPS) is 10.5. The van der Waals surface area contributed by atoms with Gasteiger partial charge in [0.1, 0.15) is 17.3 Å². The van der Waals surface area contributed by atoms with Crippen molar-refractivity contribution in [3.63, 3.8) is 0 Å². The second-order valence-corrected chi connectivity index (χ2v) is 6.40. The minimum Gasteiger partial charge on any atom is -0.456 e. The van der Waals surface area contributed by atoms with Gasteiger partial charge in [-0.2, -0.15) is 11.3 Å². The lowest BCUT2D eigenvalue weighted by Crippen LogP contribution is -2.07. The van der Waals surface area contributed by atoms with E-state index in [-0.39, 0.29) is 23.5 Å². The van der Waals surface area contributed by atoms with Crippen LogP contribution in [0.15, 0.2) is 40.4 Å². The van der Waals surface area contributed by atoms with Crippen LogP contribution in [-0.2, 0) is 11.3 Å². The van der Waals surface area contributed by atoms with E-state index in [1.165, 1.54) is 23.5 Å². The van der Waals surface area contributed by atoms with E-state index < -0.39 is 10.9 Å². The van der Waals surface area contributed by atoms with Gasteiger partial charge in [0.25, 0.3) is 5.69 Å². The van der Waals surface area contributed by atoms with Crippen LogP contribution in [0.3, 0.4) is 0 Å². The molecule has 0 aliphatic heterocycles. The third-order valence-electron chi connectivity index (χ3n) is 3.13. The van der Waals surface area contributed by atoms with Crippen LogP contribution in [0, 0.1) is 10.1 Å². The Bertz CT molecular complexity index is 890. The van der Waals surface area contributed by atoms with E-state index in [4.69, 9.17) is 10.5 Å². The molecule has 0 saturated carbocycles. The van der Waals surface area contributed by atoms with Crippen LogP contribution in [-0.4, -0.2) is 15.9 Å². The number of esters is 1. The van der Waals surface area contributed by atoms with Gasteiger partial charge in [0.15, 0.2) is 0 Å². The lowest BCUT2D eigenvalue weighted by molar-refractivity contribution is -0.383. The molecule has 0 fully saturated rings. The van der Waals surface area contributed by atoms with Crippen LogP contribution in [0.25, 0.3) is 10.6 Å². The Morgan fingerprint density at radius 2 is 2.17 bits per heavy atom. The molecule has 2 N–H and O–H groups in total. The fourth-order valence-electron chi connectivity index (χ4n) is 1.94. The zero-order valence-corrected chi connectivity index (χ0v) is 13.8. The summed E-state index contributed by atoms with van der Waals surface area (Å²) >= 11 is 3.04. The number of hydrogen-bond donors (Lipinski definition) is 1. The van der Waals surface area contributed by atoms with Gasteiger partial charge in [-0.3, -0.25) is 10.1 Å². The predicted molar refractivity (Wildman–Crippen MR) is 92.1 cm³/mol. The lowest BCUT2D eigenvalue weighted by atomic mass is 10.2. The number of aromatic nitrogens is 1. The van der Waals surface area contributed by atoms with Crippen LogP contribution in [0.1, 0.15) is 16.1 Å². The van der Waals surface area contributed by atoms with Gasteiger partial charge < -0.3 is 10.5 Å². The molecule has 0 radical (unpaired) electrons. The number of ether oxygens (including phenoxy) is 1. The number of hydrogen-bond acceptors (Lipinski definition) is 8. The number of thiophene rings is 1. The Balaban J connectivity index is 1.68. The minimum absolute atomic E-state index is 0.00234.